The molecular formula is C16H26BrNO3. The molecule has 0 radical (unpaired) electrons. The second kappa shape index (κ2) is 12.0. The van der Waals surface area contributed by atoms with E-state index in [0.29, 0.717) is 13.2 Å². The van der Waals surface area contributed by atoms with Crippen LogP contribution in [0.25, 0.3) is 0 Å². The van der Waals surface area contributed by atoms with Crippen molar-refractivity contribution in [2.24, 2.45) is 0 Å². The largest absolute Gasteiger partial charge is 0.490 e. The highest BCUT2D eigenvalue weighted by Crippen LogP contribution is 2.25. The number of ether oxygens (including phenoxy) is 3. The van der Waals surface area contributed by atoms with Crippen molar-refractivity contribution < 1.29 is 14.2 Å². The number of rotatable bonds is 12. The summed E-state index contributed by atoms with van der Waals surface area (Å²) in [5.41, 5.74) is 1.21. The molecule has 0 spiro atoms. The molecule has 0 atom stereocenters. The summed E-state index contributed by atoms with van der Waals surface area (Å²) in [6, 6.07) is 6.13. The lowest BCUT2D eigenvalue weighted by atomic mass is 10.2. The van der Waals surface area contributed by atoms with Crippen LogP contribution in [-0.4, -0.2) is 40.1 Å². The summed E-state index contributed by atoms with van der Waals surface area (Å²) in [7, 11) is 1.70. The van der Waals surface area contributed by atoms with Gasteiger partial charge >= 0.3 is 0 Å². The van der Waals surface area contributed by atoms with E-state index in [1.807, 2.05) is 6.07 Å². The predicted molar refractivity (Wildman–Crippen MR) is 88.9 cm³/mol. The molecule has 1 aromatic rings. The Bertz CT molecular complexity index is 388. The zero-order valence-corrected chi connectivity index (χ0v) is 14.6. The van der Waals surface area contributed by atoms with Crippen LogP contribution in [0.5, 0.6) is 5.75 Å². The summed E-state index contributed by atoms with van der Waals surface area (Å²) in [4.78, 5) is 0. The van der Waals surface area contributed by atoms with E-state index in [0.717, 1.165) is 49.4 Å². The van der Waals surface area contributed by atoms with E-state index in [9.17, 15) is 0 Å². The number of methoxy groups -OCH3 is 1. The van der Waals surface area contributed by atoms with Gasteiger partial charge in [-0.05, 0) is 40.0 Å². The minimum Gasteiger partial charge on any atom is -0.490 e. The van der Waals surface area contributed by atoms with Crippen molar-refractivity contribution in [1.82, 2.24) is 5.32 Å². The highest BCUT2D eigenvalue weighted by molar-refractivity contribution is 9.10. The molecule has 0 fully saturated rings. The summed E-state index contributed by atoms with van der Waals surface area (Å²) in [5, 5.41) is 3.31. The molecule has 120 valence electrons. The van der Waals surface area contributed by atoms with Gasteiger partial charge in [-0.3, -0.25) is 0 Å². The molecule has 0 aliphatic rings. The second-order valence-corrected chi connectivity index (χ2v) is 5.60. The van der Waals surface area contributed by atoms with E-state index in [1.165, 1.54) is 5.56 Å². The van der Waals surface area contributed by atoms with E-state index in [4.69, 9.17) is 14.2 Å². The van der Waals surface area contributed by atoms with Gasteiger partial charge in [0.15, 0.2) is 0 Å². The minimum absolute atomic E-state index is 0.577. The van der Waals surface area contributed by atoms with Crippen molar-refractivity contribution in [1.29, 1.82) is 0 Å². The van der Waals surface area contributed by atoms with Crippen molar-refractivity contribution in [2.75, 3.05) is 40.1 Å². The molecule has 1 aromatic carbocycles. The molecule has 4 nitrogen and oxygen atoms in total. The van der Waals surface area contributed by atoms with Crippen LogP contribution in [0.15, 0.2) is 22.7 Å². The molecule has 0 bridgehead atoms. The van der Waals surface area contributed by atoms with Crippen LogP contribution in [0.4, 0.5) is 0 Å². The third-order valence-corrected chi connectivity index (χ3v) is 3.56. The molecule has 0 aliphatic carbocycles. The van der Waals surface area contributed by atoms with Gasteiger partial charge in [0.05, 0.1) is 17.7 Å². The lowest BCUT2D eigenvalue weighted by Crippen LogP contribution is -2.18. The number of unbranched alkanes of at least 4 members (excludes halogenated alkanes) is 1. The minimum atomic E-state index is 0.577. The fourth-order valence-corrected chi connectivity index (χ4v) is 2.28. The van der Waals surface area contributed by atoms with Crippen molar-refractivity contribution >= 4 is 15.9 Å². The van der Waals surface area contributed by atoms with Crippen molar-refractivity contribution in [3.63, 3.8) is 0 Å². The van der Waals surface area contributed by atoms with Crippen molar-refractivity contribution in [3.05, 3.63) is 28.2 Å². The molecule has 0 saturated carbocycles. The van der Waals surface area contributed by atoms with Gasteiger partial charge in [-0.25, -0.2) is 0 Å². The molecule has 21 heavy (non-hydrogen) atoms. The fraction of sp³-hybridized carbons (Fsp3) is 0.625. The van der Waals surface area contributed by atoms with Crippen molar-refractivity contribution in [2.45, 2.75) is 26.3 Å². The Morgan fingerprint density at radius 3 is 2.71 bits per heavy atom. The van der Waals surface area contributed by atoms with E-state index in [2.05, 4.69) is 40.3 Å². The lowest BCUT2D eigenvalue weighted by Gasteiger charge is -2.10. The van der Waals surface area contributed by atoms with Gasteiger partial charge < -0.3 is 19.5 Å². The normalized spacial score (nSPS) is 10.8. The molecule has 0 unspecified atom stereocenters. The first-order chi connectivity index (χ1) is 10.3. The highest BCUT2D eigenvalue weighted by atomic mass is 79.9. The second-order valence-electron chi connectivity index (χ2n) is 4.75. The molecule has 1 N–H and O–H groups in total. The van der Waals surface area contributed by atoms with E-state index < -0.39 is 0 Å². The van der Waals surface area contributed by atoms with Crippen LogP contribution >= 0.6 is 15.9 Å². The molecule has 0 saturated heterocycles. The summed E-state index contributed by atoms with van der Waals surface area (Å²) >= 11 is 3.55. The first-order valence-electron chi connectivity index (χ1n) is 7.46. The van der Waals surface area contributed by atoms with Gasteiger partial charge in [0.1, 0.15) is 12.4 Å². The summed E-state index contributed by atoms with van der Waals surface area (Å²) < 4.78 is 17.1. The van der Waals surface area contributed by atoms with Gasteiger partial charge in [-0.2, -0.15) is 0 Å². The first kappa shape index (κ1) is 18.4. The zero-order chi connectivity index (χ0) is 15.3. The van der Waals surface area contributed by atoms with Crippen LogP contribution in [-0.2, 0) is 16.0 Å². The third-order valence-electron chi connectivity index (χ3n) is 2.94. The molecule has 1 rings (SSSR count). The molecule has 5 heteroatoms. The average molecular weight is 360 g/mol. The number of benzene rings is 1. The first-order valence-corrected chi connectivity index (χ1v) is 8.25. The van der Waals surface area contributed by atoms with Gasteiger partial charge in [0, 0.05) is 26.8 Å². The maximum atomic E-state index is 5.70. The fourth-order valence-electron chi connectivity index (χ4n) is 1.74. The summed E-state index contributed by atoms with van der Waals surface area (Å²) in [6.07, 6.45) is 2.26. The Morgan fingerprint density at radius 1 is 1.14 bits per heavy atom. The molecule has 0 aromatic heterocycles. The Kier molecular flexibility index (Phi) is 10.5. The zero-order valence-electron chi connectivity index (χ0n) is 13.0. The number of hydrogen-bond acceptors (Lipinski definition) is 4. The molecule has 0 heterocycles. The van der Waals surface area contributed by atoms with Crippen LogP contribution in [0.1, 0.15) is 25.3 Å². The highest BCUT2D eigenvalue weighted by Gasteiger charge is 2.03. The Morgan fingerprint density at radius 2 is 2.00 bits per heavy atom. The SMILES string of the molecule is CCCCOCCOc1ccc(CNCCOC)cc1Br. The van der Waals surface area contributed by atoms with Gasteiger partial charge in [0.25, 0.3) is 0 Å². The van der Waals surface area contributed by atoms with Gasteiger partial charge in [-0.1, -0.05) is 19.4 Å². The number of hydrogen-bond donors (Lipinski definition) is 1. The van der Waals surface area contributed by atoms with Crippen LogP contribution in [0, 0.1) is 0 Å². The Balaban J connectivity index is 2.26. The van der Waals surface area contributed by atoms with Crippen LogP contribution < -0.4 is 10.1 Å². The average Bonchev–Trinajstić information content (AvgIpc) is 2.49. The number of nitrogens with one attached hydrogen (secondary N) is 1. The topological polar surface area (TPSA) is 39.7 Å². The van der Waals surface area contributed by atoms with Gasteiger partial charge in [-0.15, -0.1) is 0 Å². The van der Waals surface area contributed by atoms with E-state index in [1.54, 1.807) is 7.11 Å². The number of halogens is 1. The van der Waals surface area contributed by atoms with E-state index in [-0.39, 0.29) is 0 Å². The monoisotopic (exact) mass is 359 g/mol. The van der Waals surface area contributed by atoms with E-state index >= 15 is 0 Å². The quantitative estimate of drug-likeness (QED) is 0.580. The predicted octanol–water partition coefficient (Wildman–Crippen LogP) is 3.38. The lowest BCUT2D eigenvalue weighted by molar-refractivity contribution is 0.0978. The van der Waals surface area contributed by atoms with Crippen LogP contribution in [0.2, 0.25) is 0 Å². The maximum Gasteiger partial charge on any atom is 0.133 e. The molecule has 0 aliphatic heterocycles. The maximum absolute atomic E-state index is 5.70. The van der Waals surface area contributed by atoms with Crippen LogP contribution in [0.3, 0.4) is 0 Å². The van der Waals surface area contributed by atoms with Gasteiger partial charge in [0.2, 0.25) is 0 Å². The Labute approximate surface area is 136 Å². The smallest absolute Gasteiger partial charge is 0.133 e. The molecular weight excluding hydrogens is 334 g/mol. The third kappa shape index (κ3) is 8.41. The summed E-state index contributed by atoms with van der Waals surface area (Å²) in [5.74, 6) is 0.856. The van der Waals surface area contributed by atoms with Crippen molar-refractivity contribution in [3.8, 4) is 5.75 Å². The standard InChI is InChI=1S/C16H26BrNO3/c1-3-4-8-20-10-11-21-16-6-5-14(12-15(16)17)13-18-7-9-19-2/h5-6,12,18H,3-4,7-11,13H2,1-2H3. The molecule has 0 amide bonds. The summed E-state index contributed by atoms with van der Waals surface area (Å²) in [6.45, 7) is 6.57. The Hall–Kier alpha value is -0.620.